The summed E-state index contributed by atoms with van der Waals surface area (Å²) in [6, 6.07) is 49.7. The Hall–Kier alpha value is -6.07. The van der Waals surface area contributed by atoms with Crippen molar-refractivity contribution in [2.75, 3.05) is 0 Å². The minimum Gasteiger partial charge on any atom is -0.454 e. The van der Waals surface area contributed by atoms with E-state index in [1.807, 2.05) is 54.6 Å². The van der Waals surface area contributed by atoms with E-state index >= 15 is 0 Å². The first kappa shape index (κ1) is 24.5. The van der Waals surface area contributed by atoms with Crippen molar-refractivity contribution in [2.24, 2.45) is 0 Å². The fraction of sp³-hybridized carbons (Fsp3) is 0. The van der Waals surface area contributed by atoms with Crippen LogP contribution in [0.15, 0.2) is 150 Å². The monoisotopic (exact) mass is 564 g/mol. The molecule has 6 aromatic carbocycles. The predicted octanol–water partition coefficient (Wildman–Crippen LogP) is 9.87. The van der Waals surface area contributed by atoms with Gasteiger partial charge in [-0.2, -0.15) is 9.97 Å². The van der Waals surface area contributed by atoms with Gasteiger partial charge in [-0.1, -0.05) is 127 Å². The molecule has 0 saturated heterocycles. The predicted molar refractivity (Wildman–Crippen MR) is 178 cm³/mol. The van der Waals surface area contributed by atoms with Crippen molar-refractivity contribution in [3.63, 3.8) is 0 Å². The number of rotatable bonds is 4. The summed E-state index contributed by atoms with van der Waals surface area (Å²) in [6.07, 6.45) is 0. The summed E-state index contributed by atoms with van der Waals surface area (Å²) in [5.41, 5.74) is 7.76. The zero-order valence-electron chi connectivity index (χ0n) is 23.6. The van der Waals surface area contributed by atoms with Gasteiger partial charge in [0.05, 0.1) is 5.52 Å². The van der Waals surface area contributed by atoms with Crippen LogP contribution >= 0.6 is 0 Å². The molecule has 0 aliphatic rings. The number of hydrogen-bond donors (Lipinski definition) is 0. The minimum absolute atomic E-state index is 0.542. The number of benzene rings is 6. The van der Waals surface area contributed by atoms with Gasteiger partial charge in [-0.25, -0.2) is 4.98 Å². The van der Waals surface area contributed by atoms with E-state index in [1.165, 1.54) is 5.56 Å². The molecule has 0 amide bonds. The lowest BCUT2D eigenvalue weighted by Crippen LogP contribution is -2.06. The second-order valence-electron chi connectivity index (χ2n) is 10.9. The Morgan fingerprint density at radius 2 is 0.955 bits per heavy atom. The zero-order valence-corrected chi connectivity index (χ0v) is 23.6. The summed E-state index contributed by atoms with van der Waals surface area (Å²) < 4.78 is 8.68. The van der Waals surface area contributed by atoms with Crippen LogP contribution in [0.5, 0.6) is 0 Å². The van der Waals surface area contributed by atoms with Gasteiger partial charge in [0.25, 0.3) is 0 Å². The summed E-state index contributed by atoms with van der Waals surface area (Å²) in [4.78, 5) is 15.2. The first-order chi connectivity index (χ1) is 21.8. The van der Waals surface area contributed by atoms with Crippen molar-refractivity contribution in [3.8, 4) is 39.9 Å². The molecule has 5 nitrogen and oxygen atoms in total. The maximum atomic E-state index is 6.55. The van der Waals surface area contributed by atoms with Gasteiger partial charge in [0.2, 0.25) is 5.95 Å². The number of fused-ring (bicyclic) bond motifs is 7. The first-order valence-electron chi connectivity index (χ1n) is 14.6. The molecule has 9 aromatic rings. The van der Waals surface area contributed by atoms with E-state index < -0.39 is 0 Å². The van der Waals surface area contributed by atoms with E-state index in [0.717, 1.165) is 60.4 Å². The van der Waals surface area contributed by atoms with Gasteiger partial charge in [-0.15, -0.1) is 0 Å². The quantitative estimate of drug-likeness (QED) is 0.213. The maximum absolute atomic E-state index is 6.55. The third-order valence-electron chi connectivity index (χ3n) is 8.29. The third-order valence-corrected chi connectivity index (χ3v) is 8.29. The topological polar surface area (TPSA) is 56.7 Å². The number of aromatic nitrogens is 4. The van der Waals surface area contributed by atoms with Crippen LogP contribution in [-0.4, -0.2) is 19.5 Å². The Morgan fingerprint density at radius 1 is 0.409 bits per heavy atom. The summed E-state index contributed by atoms with van der Waals surface area (Å²) >= 11 is 0. The molecule has 0 radical (unpaired) electrons. The molecule has 3 aromatic heterocycles. The van der Waals surface area contributed by atoms with Crippen molar-refractivity contribution >= 4 is 43.7 Å². The highest BCUT2D eigenvalue weighted by Gasteiger charge is 2.21. The summed E-state index contributed by atoms with van der Waals surface area (Å²) in [6.45, 7) is 0. The normalized spacial score (nSPS) is 11.6. The highest BCUT2D eigenvalue weighted by atomic mass is 16.3. The highest BCUT2D eigenvalue weighted by molar-refractivity contribution is 6.21. The molecular weight excluding hydrogens is 540 g/mol. The Kier molecular flexibility index (Phi) is 5.43. The van der Waals surface area contributed by atoms with E-state index in [1.54, 1.807) is 0 Å². The molecule has 0 fully saturated rings. The lowest BCUT2D eigenvalue weighted by Gasteiger charge is -2.11. The molecule has 9 rings (SSSR count). The molecule has 0 saturated carbocycles. The minimum atomic E-state index is 0.542. The Labute approximate surface area is 252 Å². The molecule has 0 unspecified atom stereocenters. The molecule has 0 bridgehead atoms. The Balaban J connectivity index is 1.33. The van der Waals surface area contributed by atoms with Crippen molar-refractivity contribution < 1.29 is 4.42 Å². The molecule has 0 N–H and O–H groups in total. The van der Waals surface area contributed by atoms with Crippen molar-refractivity contribution in [1.29, 1.82) is 0 Å². The van der Waals surface area contributed by atoms with Gasteiger partial charge in [-0.3, -0.25) is 4.57 Å². The number of para-hydroxylation sites is 2. The maximum Gasteiger partial charge on any atom is 0.238 e. The molecule has 44 heavy (non-hydrogen) atoms. The van der Waals surface area contributed by atoms with Gasteiger partial charge < -0.3 is 4.42 Å². The SMILES string of the molecule is c1ccc(-c2ccc(-c3nc(-c4ccccc4)nc(-n4c5ccccc5c5ccc6c7ccccc7oc6c54)n3)cc2)cc1. The van der Waals surface area contributed by atoms with Crippen LogP contribution in [0.3, 0.4) is 0 Å². The molecular formula is C39H24N4O. The van der Waals surface area contributed by atoms with Gasteiger partial charge in [0.15, 0.2) is 17.2 Å². The molecule has 3 heterocycles. The van der Waals surface area contributed by atoms with Crippen LogP contribution in [0.25, 0.3) is 83.6 Å². The van der Waals surface area contributed by atoms with Gasteiger partial charge >= 0.3 is 0 Å². The molecule has 0 aliphatic carbocycles. The Bertz CT molecular complexity index is 2480. The molecule has 5 heteroatoms. The van der Waals surface area contributed by atoms with Crippen molar-refractivity contribution in [1.82, 2.24) is 19.5 Å². The van der Waals surface area contributed by atoms with E-state index in [0.29, 0.717) is 17.6 Å². The van der Waals surface area contributed by atoms with Crippen LogP contribution in [0.4, 0.5) is 0 Å². The molecule has 0 aliphatic heterocycles. The van der Waals surface area contributed by atoms with Crippen LogP contribution in [0.1, 0.15) is 0 Å². The van der Waals surface area contributed by atoms with Crippen LogP contribution in [0.2, 0.25) is 0 Å². The fourth-order valence-electron chi connectivity index (χ4n) is 6.19. The molecule has 0 spiro atoms. The third kappa shape index (κ3) is 3.83. The van der Waals surface area contributed by atoms with E-state index in [4.69, 9.17) is 19.4 Å². The zero-order chi connectivity index (χ0) is 29.0. The Morgan fingerprint density at radius 3 is 1.70 bits per heavy atom. The van der Waals surface area contributed by atoms with Crippen molar-refractivity contribution in [2.45, 2.75) is 0 Å². The lowest BCUT2D eigenvalue weighted by atomic mass is 10.0. The van der Waals surface area contributed by atoms with Gasteiger partial charge in [0, 0.05) is 32.7 Å². The van der Waals surface area contributed by atoms with Crippen LogP contribution in [-0.2, 0) is 0 Å². The van der Waals surface area contributed by atoms with Crippen LogP contribution in [0, 0.1) is 0 Å². The smallest absolute Gasteiger partial charge is 0.238 e. The number of hydrogen-bond acceptors (Lipinski definition) is 4. The average Bonchev–Trinajstić information content (AvgIpc) is 3.65. The van der Waals surface area contributed by atoms with Gasteiger partial charge in [0.1, 0.15) is 11.1 Å². The number of furan rings is 1. The van der Waals surface area contributed by atoms with Crippen molar-refractivity contribution in [3.05, 3.63) is 146 Å². The second kappa shape index (κ2) is 9.75. The molecule has 0 atom stereocenters. The van der Waals surface area contributed by atoms with E-state index in [2.05, 4.69) is 95.6 Å². The van der Waals surface area contributed by atoms with Gasteiger partial charge in [-0.05, 0) is 29.3 Å². The summed E-state index contributed by atoms with van der Waals surface area (Å²) in [5.74, 6) is 1.76. The fourth-order valence-corrected chi connectivity index (χ4v) is 6.19. The van der Waals surface area contributed by atoms with Crippen LogP contribution < -0.4 is 0 Å². The largest absolute Gasteiger partial charge is 0.454 e. The standard InChI is InChI=1S/C39H24N4O/c1-3-11-25(12-4-1)26-19-21-28(22-20-26)38-40-37(27-13-5-2-6-14-27)41-39(42-38)43-33-17-9-7-15-29(33)31-23-24-32-30-16-8-10-18-34(30)44-36(32)35(31)43/h1-24H. The van der Waals surface area contributed by atoms with E-state index in [9.17, 15) is 0 Å². The lowest BCUT2D eigenvalue weighted by molar-refractivity contribution is 0.670. The van der Waals surface area contributed by atoms with E-state index in [-0.39, 0.29) is 0 Å². The number of nitrogens with zero attached hydrogens (tertiary/aromatic N) is 4. The average molecular weight is 565 g/mol. The molecule has 206 valence electrons. The highest BCUT2D eigenvalue weighted by Crippen LogP contribution is 2.40. The second-order valence-corrected chi connectivity index (χ2v) is 10.9. The summed E-state index contributed by atoms with van der Waals surface area (Å²) in [5, 5.41) is 4.34. The first-order valence-corrected chi connectivity index (χ1v) is 14.6. The summed E-state index contributed by atoms with van der Waals surface area (Å²) in [7, 11) is 0.